The maximum absolute atomic E-state index is 5.96. The Kier molecular flexibility index (Phi) is 5.64. The lowest BCUT2D eigenvalue weighted by Crippen LogP contribution is -2.15. The molecule has 16 heavy (non-hydrogen) atoms. The first-order valence-electron chi connectivity index (χ1n) is 5.71. The molecule has 0 aliphatic heterocycles. The van der Waals surface area contributed by atoms with E-state index in [2.05, 4.69) is 12.2 Å². The SMILES string of the molecule is CNCCCC(C)Oc1ccc(Cl)c(C)c1. The van der Waals surface area contributed by atoms with Crippen LogP contribution in [0.4, 0.5) is 0 Å². The number of ether oxygens (including phenoxy) is 1. The summed E-state index contributed by atoms with van der Waals surface area (Å²) in [5.74, 6) is 0.902. The summed E-state index contributed by atoms with van der Waals surface area (Å²) in [4.78, 5) is 0. The third kappa shape index (κ3) is 4.42. The summed E-state index contributed by atoms with van der Waals surface area (Å²) in [7, 11) is 1.97. The fraction of sp³-hybridized carbons (Fsp3) is 0.538. The molecule has 0 saturated carbocycles. The molecule has 3 heteroatoms. The van der Waals surface area contributed by atoms with Gasteiger partial charge in [-0.2, -0.15) is 0 Å². The van der Waals surface area contributed by atoms with Gasteiger partial charge in [0.1, 0.15) is 5.75 Å². The van der Waals surface area contributed by atoms with Gasteiger partial charge in [0.2, 0.25) is 0 Å². The van der Waals surface area contributed by atoms with Crippen LogP contribution in [0, 0.1) is 6.92 Å². The van der Waals surface area contributed by atoms with E-state index in [1.807, 2.05) is 32.2 Å². The Labute approximate surface area is 103 Å². The molecule has 90 valence electrons. The number of hydrogen-bond acceptors (Lipinski definition) is 2. The summed E-state index contributed by atoms with van der Waals surface area (Å²) >= 11 is 5.96. The minimum atomic E-state index is 0.244. The highest BCUT2D eigenvalue weighted by Crippen LogP contribution is 2.22. The van der Waals surface area contributed by atoms with E-state index in [4.69, 9.17) is 16.3 Å². The zero-order valence-corrected chi connectivity index (χ0v) is 11.0. The van der Waals surface area contributed by atoms with Crippen LogP contribution in [0.5, 0.6) is 5.75 Å². The van der Waals surface area contributed by atoms with E-state index in [0.29, 0.717) is 0 Å². The van der Waals surface area contributed by atoms with Crippen LogP contribution in [0.2, 0.25) is 5.02 Å². The summed E-state index contributed by atoms with van der Waals surface area (Å²) in [6.07, 6.45) is 2.43. The monoisotopic (exact) mass is 241 g/mol. The smallest absolute Gasteiger partial charge is 0.120 e. The zero-order valence-electron chi connectivity index (χ0n) is 10.2. The van der Waals surface area contributed by atoms with Gasteiger partial charge in [-0.15, -0.1) is 0 Å². The van der Waals surface area contributed by atoms with Gasteiger partial charge in [0.05, 0.1) is 6.10 Å². The van der Waals surface area contributed by atoms with Crippen molar-refractivity contribution >= 4 is 11.6 Å². The molecule has 1 rings (SSSR count). The van der Waals surface area contributed by atoms with E-state index in [1.54, 1.807) is 0 Å². The van der Waals surface area contributed by atoms with Gasteiger partial charge in [0.25, 0.3) is 0 Å². The van der Waals surface area contributed by atoms with E-state index in [1.165, 1.54) is 0 Å². The van der Waals surface area contributed by atoms with Crippen molar-refractivity contribution in [2.45, 2.75) is 32.8 Å². The van der Waals surface area contributed by atoms with Gasteiger partial charge in [0.15, 0.2) is 0 Å². The topological polar surface area (TPSA) is 21.3 Å². The maximum atomic E-state index is 5.96. The van der Waals surface area contributed by atoms with Gasteiger partial charge in [-0.05, 0) is 64.0 Å². The number of hydrogen-bond donors (Lipinski definition) is 1. The average molecular weight is 242 g/mol. The fourth-order valence-corrected chi connectivity index (χ4v) is 1.67. The van der Waals surface area contributed by atoms with Crippen LogP contribution in [-0.2, 0) is 0 Å². The van der Waals surface area contributed by atoms with Crippen LogP contribution in [0.1, 0.15) is 25.3 Å². The average Bonchev–Trinajstić information content (AvgIpc) is 2.24. The van der Waals surface area contributed by atoms with Gasteiger partial charge >= 0.3 is 0 Å². The van der Waals surface area contributed by atoms with Crippen LogP contribution in [0.15, 0.2) is 18.2 Å². The van der Waals surface area contributed by atoms with Crippen molar-refractivity contribution in [3.05, 3.63) is 28.8 Å². The second-order valence-corrected chi connectivity index (χ2v) is 4.49. The molecule has 1 unspecified atom stereocenters. The van der Waals surface area contributed by atoms with E-state index < -0.39 is 0 Å². The quantitative estimate of drug-likeness (QED) is 0.771. The van der Waals surface area contributed by atoms with Gasteiger partial charge in [-0.1, -0.05) is 11.6 Å². The van der Waals surface area contributed by atoms with Crippen molar-refractivity contribution in [2.24, 2.45) is 0 Å². The van der Waals surface area contributed by atoms with Crippen molar-refractivity contribution < 1.29 is 4.74 Å². The molecular weight excluding hydrogens is 222 g/mol. The van der Waals surface area contributed by atoms with Gasteiger partial charge in [0, 0.05) is 5.02 Å². The summed E-state index contributed by atoms with van der Waals surface area (Å²) in [6, 6.07) is 5.79. The van der Waals surface area contributed by atoms with Crippen LogP contribution in [0.3, 0.4) is 0 Å². The Balaban J connectivity index is 2.43. The Bertz CT molecular complexity index is 328. The van der Waals surface area contributed by atoms with Gasteiger partial charge in [-0.25, -0.2) is 0 Å². The van der Waals surface area contributed by atoms with Crippen molar-refractivity contribution in [2.75, 3.05) is 13.6 Å². The molecule has 1 N–H and O–H groups in total. The second kappa shape index (κ2) is 6.77. The van der Waals surface area contributed by atoms with E-state index in [-0.39, 0.29) is 6.10 Å². The molecule has 0 aliphatic carbocycles. The lowest BCUT2D eigenvalue weighted by atomic mass is 10.2. The predicted octanol–water partition coefficient (Wildman–Crippen LogP) is 3.42. The molecule has 0 aromatic heterocycles. The van der Waals surface area contributed by atoms with Crippen LogP contribution in [-0.4, -0.2) is 19.7 Å². The number of benzene rings is 1. The first-order chi connectivity index (χ1) is 7.63. The maximum Gasteiger partial charge on any atom is 0.120 e. The molecule has 0 saturated heterocycles. The molecule has 0 fully saturated rings. The number of aryl methyl sites for hydroxylation is 1. The highest BCUT2D eigenvalue weighted by molar-refractivity contribution is 6.31. The summed E-state index contributed by atoms with van der Waals surface area (Å²) in [5.41, 5.74) is 1.06. The Morgan fingerprint density at radius 2 is 2.19 bits per heavy atom. The van der Waals surface area contributed by atoms with E-state index in [9.17, 15) is 0 Å². The predicted molar refractivity (Wildman–Crippen MR) is 69.4 cm³/mol. The van der Waals surface area contributed by atoms with Crippen molar-refractivity contribution in [1.82, 2.24) is 5.32 Å². The minimum absolute atomic E-state index is 0.244. The second-order valence-electron chi connectivity index (χ2n) is 4.09. The number of nitrogens with one attached hydrogen (secondary N) is 1. The van der Waals surface area contributed by atoms with Crippen LogP contribution in [0.25, 0.3) is 0 Å². The Morgan fingerprint density at radius 3 is 2.81 bits per heavy atom. The summed E-state index contributed by atoms with van der Waals surface area (Å²) < 4.78 is 5.81. The van der Waals surface area contributed by atoms with Gasteiger partial charge in [-0.3, -0.25) is 0 Å². The Morgan fingerprint density at radius 1 is 1.44 bits per heavy atom. The molecule has 0 heterocycles. The fourth-order valence-electron chi connectivity index (χ4n) is 1.55. The zero-order chi connectivity index (χ0) is 12.0. The Hall–Kier alpha value is -0.730. The molecule has 1 aromatic carbocycles. The van der Waals surface area contributed by atoms with Crippen LogP contribution < -0.4 is 10.1 Å². The van der Waals surface area contributed by atoms with Crippen molar-refractivity contribution in [3.8, 4) is 5.75 Å². The minimum Gasteiger partial charge on any atom is -0.491 e. The third-order valence-corrected chi connectivity index (χ3v) is 2.93. The number of halogens is 1. The molecule has 1 atom stereocenters. The lowest BCUT2D eigenvalue weighted by Gasteiger charge is -2.15. The van der Waals surface area contributed by atoms with Crippen LogP contribution >= 0.6 is 11.6 Å². The van der Waals surface area contributed by atoms with Gasteiger partial charge < -0.3 is 10.1 Å². The largest absolute Gasteiger partial charge is 0.491 e. The summed E-state index contributed by atoms with van der Waals surface area (Å²) in [5, 5.41) is 3.92. The molecule has 1 aromatic rings. The lowest BCUT2D eigenvalue weighted by molar-refractivity contribution is 0.208. The summed E-state index contributed by atoms with van der Waals surface area (Å²) in [6.45, 7) is 5.12. The first-order valence-corrected chi connectivity index (χ1v) is 6.08. The molecule has 0 aliphatic rings. The normalized spacial score (nSPS) is 12.5. The first kappa shape index (κ1) is 13.3. The molecule has 0 amide bonds. The van der Waals surface area contributed by atoms with E-state index in [0.717, 1.165) is 35.7 Å². The van der Waals surface area contributed by atoms with Crippen molar-refractivity contribution in [1.29, 1.82) is 0 Å². The molecular formula is C13H20ClNO. The number of rotatable bonds is 6. The molecule has 0 radical (unpaired) electrons. The standard InChI is InChI=1S/C13H20ClNO/c1-10-9-12(6-7-13(10)14)16-11(2)5-4-8-15-3/h6-7,9,11,15H,4-5,8H2,1-3H3. The highest BCUT2D eigenvalue weighted by atomic mass is 35.5. The third-order valence-electron chi connectivity index (χ3n) is 2.50. The molecule has 0 spiro atoms. The van der Waals surface area contributed by atoms with E-state index >= 15 is 0 Å². The molecule has 0 bridgehead atoms. The highest BCUT2D eigenvalue weighted by Gasteiger charge is 2.04. The van der Waals surface area contributed by atoms with Crippen molar-refractivity contribution in [3.63, 3.8) is 0 Å². The molecule has 2 nitrogen and oxygen atoms in total.